The summed E-state index contributed by atoms with van der Waals surface area (Å²) in [5.74, 6) is 0.275. The van der Waals surface area contributed by atoms with E-state index < -0.39 is 11.5 Å². The van der Waals surface area contributed by atoms with E-state index in [9.17, 15) is 15.0 Å². The molecule has 0 aromatic carbocycles. The maximum Gasteiger partial charge on any atom is 0.254 e. The minimum atomic E-state index is -0.708. The Morgan fingerprint density at radius 1 is 1.23 bits per heavy atom. The van der Waals surface area contributed by atoms with Crippen LogP contribution in [0.2, 0.25) is 0 Å². The van der Waals surface area contributed by atoms with Crippen LogP contribution in [0.3, 0.4) is 0 Å². The number of carbonyl (C=O) groups is 1. The maximum atomic E-state index is 11.7. The van der Waals surface area contributed by atoms with Gasteiger partial charge in [-0.25, -0.2) is 4.98 Å². The summed E-state index contributed by atoms with van der Waals surface area (Å²) in [6.45, 7) is 1.83. The highest BCUT2D eigenvalue weighted by Crippen LogP contribution is 2.30. The van der Waals surface area contributed by atoms with Crippen LogP contribution in [0.5, 0.6) is 0 Å². The summed E-state index contributed by atoms with van der Waals surface area (Å²) in [4.78, 5) is 20.4. The first-order valence-electron chi connectivity index (χ1n) is 9.43. The van der Waals surface area contributed by atoms with Gasteiger partial charge in [-0.2, -0.15) is 4.98 Å². The lowest BCUT2D eigenvalue weighted by Crippen LogP contribution is -2.38. The van der Waals surface area contributed by atoms with Crippen LogP contribution in [0.4, 0.5) is 11.8 Å². The first-order valence-corrected chi connectivity index (χ1v) is 9.43. The van der Waals surface area contributed by atoms with Gasteiger partial charge in [-0.3, -0.25) is 4.79 Å². The maximum absolute atomic E-state index is 11.7. The first kappa shape index (κ1) is 18.8. The molecule has 1 heterocycles. The third-order valence-corrected chi connectivity index (χ3v) is 5.38. The van der Waals surface area contributed by atoms with Crippen LogP contribution >= 0.6 is 0 Å². The van der Waals surface area contributed by atoms with Crippen molar-refractivity contribution in [1.29, 1.82) is 0 Å². The molecular weight excluding hydrogens is 334 g/mol. The molecule has 26 heavy (non-hydrogen) atoms. The van der Waals surface area contributed by atoms with Gasteiger partial charge in [0, 0.05) is 18.3 Å². The monoisotopic (exact) mass is 363 g/mol. The van der Waals surface area contributed by atoms with Crippen LogP contribution in [0, 0.1) is 0 Å². The van der Waals surface area contributed by atoms with Crippen LogP contribution in [-0.2, 0) is 0 Å². The van der Waals surface area contributed by atoms with Crippen molar-refractivity contribution >= 4 is 17.7 Å². The van der Waals surface area contributed by atoms with Gasteiger partial charge in [-0.05, 0) is 58.3 Å². The van der Waals surface area contributed by atoms with E-state index in [1.807, 2.05) is 6.92 Å². The molecule has 0 bridgehead atoms. The first-order chi connectivity index (χ1) is 12.3. The highest BCUT2D eigenvalue weighted by molar-refractivity contribution is 5.97. The van der Waals surface area contributed by atoms with Crippen LogP contribution in [-0.4, -0.2) is 49.9 Å². The summed E-state index contributed by atoms with van der Waals surface area (Å²) < 4.78 is 0. The van der Waals surface area contributed by atoms with E-state index in [-0.39, 0.29) is 23.8 Å². The van der Waals surface area contributed by atoms with E-state index in [0.717, 1.165) is 44.9 Å². The predicted molar refractivity (Wildman–Crippen MR) is 98.9 cm³/mol. The highest BCUT2D eigenvalue weighted by Gasteiger charge is 2.31. The second kappa shape index (κ2) is 7.75. The molecule has 1 aromatic heterocycles. The van der Waals surface area contributed by atoms with E-state index >= 15 is 0 Å². The Morgan fingerprint density at radius 2 is 1.96 bits per heavy atom. The number of aliphatic hydroxyl groups excluding tert-OH is 1. The molecule has 0 spiro atoms. The molecule has 1 amide bonds. The second-order valence-corrected chi connectivity index (χ2v) is 7.90. The fraction of sp³-hybridized carbons (Fsp3) is 0.722. The number of amides is 1. The van der Waals surface area contributed by atoms with Crippen molar-refractivity contribution in [2.45, 2.75) is 82.1 Å². The Kier molecular flexibility index (Phi) is 5.62. The molecule has 2 atom stereocenters. The molecule has 2 saturated carbocycles. The van der Waals surface area contributed by atoms with Gasteiger partial charge in [0.05, 0.1) is 17.3 Å². The molecule has 8 heteroatoms. The summed E-state index contributed by atoms with van der Waals surface area (Å²) in [7, 11) is 0. The quantitative estimate of drug-likeness (QED) is 0.534. The Bertz CT molecular complexity index is 644. The van der Waals surface area contributed by atoms with Gasteiger partial charge in [0.2, 0.25) is 5.95 Å². The number of nitrogens with two attached hydrogens (primary N) is 1. The fourth-order valence-electron chi connectivity index (χ4n) is 3.93. The standard InChI is InChI=1S/C18H29N5O3/c1-18(26)8-2-3-12(9-18)21-16-14(15(19)25)10-20-17(23-16)22-11-4-6-13(24)7-5-11/h10-13,24,26H,2-9H2,1H3,(H2,19,25)(H2,20,21,22,23)/t11?,12-,13?,18+/m1/s1. The fourth-order valence-corrected chi connectivity index (χ4v) is 3.93. The van der Waals surface area contributed by atoms with Crippen molar-refractivity contribution in [3.05, 3.63) is 11.8 Å². The number of nitrogens with one attached hydrogen (secondary N) is 2. The molecular formula is C18H29N5O3. The predicted octanol–water partition coefficient (Wildman–Crippen LogP) is 1.40. The smallest absolute Gasteiger partial charge is 0.254 e. The molecule has 144 valence electrons. The van der Waals surface area contributed by atoms with E-state index in [0.29, 0.717) is 18.2 Å². The SMILES string of the molecule is C[C@]1(O)CCC[C@@H](Nc2nc(NC3CCC(O)CC3)ncc2C(N)=O)C1. The molecule has 0 unspecified atom stereocenters. The minimum absolute atomic E-state index is 0.0319. The number of anilines is 2. The number of nitrogens with zero attached hydrogens (tertiary/aromatic N) is 2. The lowest BCUT2D eigenvalue weighted by atomic mass is 9.83. The summed E-state index contributed by atoms with van der Waals surface area (Å²) in [6.07, 6.45) is 7.65. The van der Waals surface area contributed by atoms with Gasteiger partial charge in [0.15, 0.2) is 0 Å². The Labute approximate surface area is 153 Å². The largest absolute Gasteiger partial charge is 0.393 e. The van der Waals surface area contributed by atoms with Crippen molar-refractivity contribution in [3.8, 4) is 0 Å². The number of hydrogen-bond acceptors (Lipinski definition) is 7. The molecule has 2 aliphatic rings. The molecule has 2 fully saturated rings. The van der Waals surface area contributed by atoms with Crippen LogP contribution < -0.4 is 16.4 Å². The van der Waals surface area contributed by atoms with Crippen molar-refractivity contribution in [2.24, 2.45) is 5.73 Å². The van der Waals surface area contributed by atoms with Crippen molar-refractivity contribution in [3.63, 3.8) is 0 Å². The Morgan fingerprint density at radius 3 is 2.62 bits per heavy atom. The average molecular weight is 363 g/mol. The molecule has 3 rings (SSSR count). The number of primary amides is 1. The minimum Gasteiger partial charge on any atom is -0.393 e. The highest BCUT2D eigenvalue weighted by atomic mass is 16.3. The van der Waals surface area contributed by atoms with E-state index in [1.54, 1.807) is 0 Å². The van der Waals surface area contributed by atoms with Gasteiger partial charge in [0.25, 0.3) is 5.91 Å². The molecule has 0 saturated heterocycles. The Balaban J connectivity index is 1.73. The van der Waals surface area contributed by atoms with Gasteiger partial charge in [-0.15, -0.1) is 0 Å². The van der Waals surface area contributed by atoms with Crippen LogP contribution in [0.1, 0.15) is 68.6 Å². The zero-order valence-corrected chi connectivity index (χ0v) is 15.2. The Hall–Kier alpha value is -1.93. The van der Waals surface area contributed by atoms with E-state index in [4.69, 9.17) is 5.73 Å². The zero-order valence-electron chi connectivity index (χ0n) is 15.2. The van der Waals surface area contributed by atoms with Gasteiger partial charge < -0.3 is 26.6 Å². The summed E-state index contributed by atoms with van der Waals surface area (Å²) in [5.41, 5.74) is 5.01. The number of aromatic nitrogens is 2. The molecule has 2 aliphatic carbocycles. The normalized spacial score (nSPS) is 32.0. The van der Waals surface area contributed by atoms with Crippen molar-refractivity contribution in [1.82, 2.24) is 9.97 Å². The third kappa shape index (κ3) is 4.82. The molecule has 0 aliphatic heterocycles. The summed E-state index contributed by atoms with van der Waals surface area (Å²) in [5, 5.41) is 26.5. The number of rotatable bonds is 5. The van der Waals surface area contributed by atoms with E-state index in [2.05, 4.69) is 20.6 Å². The molecule has 1 aromatic rings. The number of hydrogen-bond donors (Lipinski definition) is 5. The van der Waals surface area contributed by atoms with Gasteiger partial charge in [0.1, 0.15) is 5.82 Å². The zero-order chi connectivity index (χ0) is 18.7. The van der Waals surface area contributed by atoms with E-state index in [1.165, 1.54) is 6.20 Å². The molecule has 0 radical (unpaired) electrons. The average Bonchev–Trinajstić information content (AvgIpc) is 2.56. The second-order valence-electron chi connectivity index (χ2n) is 7.90. The van der Waals surface area contributed by atoms with Gasteiger partial charge in [-0.1, -0.05) is 0 Å². The topological polar surface area (TPSA) is 133 Å². The third-order valence-electron chi connectivity index (χ3n) is 5.38. The van der Waals surface area contributed by atoms with Crippen LogP contribution in [0.25, 0.3) is 0 Å². The van der Waals surface area contributed by atoms with Gasteiger partial charge >= 0.3 is 0 Å². The summed E-state index contributed by atoms with van der Waals surface area (Å²) >= 11 is 0. The number of aliphatic hydroxyl groups is 2. The molecule has 6 N–H and O–H groups in total. The lowest BCUT2D eigenvalue weighted by molar-refractivity contribution is 0.0182. The van der Waals surface area contributed by atoms with Crippen molar-refractivity contribution in [2.75, 3.05) is 10.6 Å². The number of carbonyl (C=O) groups excluding carboxylic acids is 1. The molecule has 8 nitrogen and oxygen atoms in total. The summed E-state index contributed by atoms with van der Waals surface area (Å²) in [6, 6.07) is 0.241. The van der Waals surface area contributed by atoms with Crippen molar-refractivity contribution < 1.29 is 15.0 Å². The van der Waals surface area contributed by atoms with Crippen LogP contribution in [0.15, 0.2) is 6.20 Å². The lowest BCUT2D eigenvalue weighted by Gasteiger charge is -2.34.